The van der Waals surface area contributed by atoms with Crippen molar-refractivity contribution in [3.8, 4) is 0 Å². The number of aromatic nitrogens is 1. The largest absolute Gasteiger partial charge is 0.481 e. The zero-order valence-corrected chi connectivity index (χ0v) is 12.6. The molecule has 0 aromatic carbocycles. The van der Waals surface area contributed by atoms with Crippen LogP contribution in [-0.2, 0) is 20.6 Å². The number of carbonyl (C=O) groups is 1. The van der Waals surface area contributed by atoms with Crippen molar-refractivity contribution < 1.29 is 22.8 Å². The van der Waals surface area contributed by atoms with Crippen LogP contribution in [0.5, 0.6) is 0 Å². The van der Waals surface area contributed by atoms with Gasteiger partial charge in [-0.15, -0.1) is 0 Å². The standard InChI is InChI=1S/C12H20N2O5S/c1-8(2)4-10(12(15)16)6-13-20(17,18)7-11-5-9(3)14-19-11/h5,8,10,13H,4,6-7H2,1-3H3,(H,15,16). The minimum absolute atomic E-state index is 0.122. The van der Waals surface area contributed by atoms with Gasteiger partial charge in [-0.05, 0) is 19.3 Å². The zero-order chi connectivity index (χ0) is 15.3. The Balaban J connectivity index is 2.59. The second kappa shape index (κ2) is 6.85. The molecule has 1 heterocycles. The van der Waals surface area contributed by atoms with Gasteiger partial charge in [0.15, 0.2) is 5.76 Å². The van der Waals surface area contributed by atoms with E-state index in [1.54, 1.807) is 6.92 Å². The van der Waals surface area contributed by atoms with Gasteiger partial charge in [0.05, 0.1) is 11.6 Å². The topological polar surface area (TPSA) is 110 Å². The Labute approximate surface area is 118 Å². The van der Waals surface area contributed by atoms with E-state index >= 15 is 0 Å². The first-order valence-corrected chi connectivity index (χ1v) is 7.97. The van der Waals surface area contributed by atoms with Crippen molar-refractivity contribution in [2.75, 3.05) is 6.54 Å². The van der Waals surface area contributed by atoms with Gasteiger partial charge in [-0.1, -0.05) is 19.0 Å². The number of carboxylic acid groups (broad SMARTS) is 1. The molecule has 1 rings (SSSR count). The SMILES string of the molecule is Cc1cc(CS(=O)(=O)NCC(CC(C)C)C(=O)O)on1. The van der Waals surface area contributed by atoms with Crippen LogP contribution in [0.15, 0.2) is 10.6 Å². The summed E-state index contributed by atoms with van der Waals surface area (Å²) in [7, 11) is -3.63. The van der Waals surface area contributed by atoms with Crippen molar-refractivity contribution in [2.24, 2.45) is 11.8 Å². The molecule has 0 aliphatic heterocycles. The molecule has 1 unspecified atom stereocenters. The van der Waals surface area contributed by atoms with Crippen LogP contribution >= 0.6 is 0 Å². The summed E-state index contributed by atoms with van der Waals surface area (Å²) in [5, 5.41) is 12.7. The molecule has 1 aromatic heterocycles. The highest BCUT2D eigenvalue weighted by atomic mass is 32.2. The Morgan fingerprint density at radius 2 is 2.15 bits per heavy atom. The van der Waals surface area contributed by atoms with E-state index in [0.29, 0.717) is 12.1 Å². The summed E-state index contributed by atoms with van der Waals surface area (Å²) >= 11 is 0. The van der Waals surface area contributed by atoms with E-state index in [4.69, 9.17) is 9.63 Å². The lowest BCUT2D eigenvalue weighted by molar-refractivity contribution is -0.142. The average molecular weight is 304 g/mol. The summed E-state index contributed by atoms with van der Waals surface area (Å²) < 4.78 is 30.8. The zero-order valence-electron chi connectivity index (χ0n) is 11.8. The van der Waals surface area contributed by atoms with Crippen LogP contribution in [0.25, 0.3) is 0 Å². The van der Waals surface area contributed by atoms with Crippen LogP contribution in [-0.4, -0.2) is 31.2 Å². The van der Waals surface area contributed by atoms with E-state index < -0.39 is 21.9 Å². The van der Waals surface area contributed by atoms with Gasteiger partial charge >= 0.3 is 5.97 Å². The first-order chi connectivity index (χ1) is 9.19. The van der Waals surface area contributed by atoms with Gasteiger partial charge in [0, 0.05) is 12.6 Å². The van der Waals surface area contributed by atoms with Crippen LogP contribution in [0.4, 0.5) is 0 Å². The van der Waals surface area contributed by atoms with Crippen molar-refractivity contribution in [3.63, 3.8) is 0 Å². The molecule has 0 aliphatic carbocycles. The lowest BCUT2D eigenvalue weighted by Crippen LogP contribution is -2.34. The molecule has 0 amide bonds. The number of aliphatic carboxylic acids is 1. The third kappa shape index (κ3) is 5.70. The van der Waals surface area contributed by atoms with Crippen LogP contribution in [0, 0.1) is 18.8 Å². The van der Waals surface area contributed by atoms with Gasteiger partial charge in [0.2, 0.25) is 10.0 Å². The number of hydrogen-bond donors (Lipinski definition) is 2. The van der Waals surface area contributed by atoms with E-state index in [1.807, 2.05) is 13.8 Å². The van der Waals surface area contributed by atoms with Gasteiger partial charge in [0.1, 0.15) is 5.75 Å². The summed E-state index contributed by atoms with van der Waals surface area (Å²) in [6.07, 6.45) is 0.416. The predicted octanol–water partition coefficient (Wildman–Crippen LogP) is 1.15. The Kier molecular flexibility index (Phi) is 5.70. The third-order valence-corrected chi connectivity index (χ3v) is 3.93. The molecule has 0 bridgehead atoms. The fraction of sp³-hybridized carbons (Fsp3) is 0.667. The fourth-order valence-corrected chi connectivity index (χ4v) is 2.86. The summed E-state index contributed by atoms with van der Waals surface area (Å²) in [5.74, 6) is -1.68. The highest BCUT2D eigenvalue weighted by molar-refractivity contribution is 7.88. The molecule has 8 heteroatoms. The number of nitrogens with zero attached hydrogens (tertiary/aromatic N) is 1. The number of nitrogens with one attached hydrogen (secondary N) is 1. The maximum Gasteiger partial charge on any atom is 0.307 e. The first-order valence-electron chi connectivity index (χ1n) is 6.32. The lowest BCUT2D eigenvalue weighted by atomic mass is 9.98. The molecule has 0 fully saturated rings. The Morgan fingerprint density at radius 3 is 2.60 bits per heavy atom. The molecule has 2 N–H and O–H groups in total. The minimum atomic E-state index is -3.63. The van der Waals surface area contributed by atoms with E-state index in [9.17, 15) is 13.2 Å². The normalized spacial score (nSPS) is 13.6. The molecule has 0 radical (unpaired) electrons. The van der Waals surface area contributed by atoms with E-state index in [-0.39, 0.29) is 24.0 Å². The fourth-order valence-electron chi connectivity index (χ4n) is 1.79. The van der Waals surface area contributed by atoms with Crippen LogP contribution < -0.4 is 4.72 Å². The molecule has 0 aliphatic rings. The van der Waals surface area contributed by atoms with E-state index in [2.05, 4.69) is 9.88 Å². The molecular weight excluding hydrogens is 284 g/mol. The maximum atomic E-state index is 11.8. The highest BCUT2D eigenvalue weighted by Gasteiger charge is 2.22. The monoisotopic (exact) mass is 304 g/mol. The Bertz CT molecular complexity index is 550. The van der Waals surface area contributed by atoms with Gasteiger partial charge in [-0.3, -0.25) is 4.79 Å². The third-order valence-electron chi connectivity index (χ3n) is 2.66. The minimum Gasteiger partial charge on any atom is -0.481 e. The smallest absolute Gasteiger partial charge is 0.307 e. The summed E-state index contributed by atoms with van der Waals surface area (Å²) in [4.78, 5) is 11.1. The molecule has 7 nitrogen and oxygen atoms in total. The molecular formula is C12H20N2O5S. The molecule has 1 atom stereocenters. The van der Waals surface area contributed by atoms with E-state index in [0.717, 1.165) is 0 Å². The summed E-state index contributed by atoms with van der Waals surface area (Å²) in [6, 6.07) is 1.53. The number of hydrogen-bond acceptors (Lipinski definition) is 5. The van der Waals surface area contributed by atoms with Crippen LogP contribution in [0.2, 0.25) is 0 Å². The van der Waals surface area contributed by atoms with Crippen molar-refractivity contribution in [2.45, 2.75) is 32.9 Å². The number of carboxylic acids is 1. The second-order valence-corrected chi connectivity index (χ2v) is 7.01. The van der Waals surface area contributed by atoms with Crippen molar-refractivity contribution in [3.05, 3.63) is 17.5 Å². The molecule has 0 saturated carbocycles. The van der Waals surface area contributed by atoms with Crippen LogP contribution in [0.3, 0.4) is 0 Å². The summed E-state index contributed by atoms with van der Waals surface area (Å²) in [5.41, 5.74) is 0.596. The molecule has 1 aromatic rings. The van der Waals surface area contributed by atoms with E-state index in [1.165, 1.54) is 6.07 Å². The Hall–Kier alpha value is -1.41. The van der Waals surface area contributed by atoms with Gasteiger partial charge < -0.3 is 9.63 Å². The van der Waals surface area contributed by atoms with Crippen molar-refractivity contribution >= 4 is 16.0 Å². The number of sulfonamides is 1. The molecule has 0 saturated heterocycles. The Morgan fingerprint density at radius 1 is 1.50 bits per heavy atom. The van der Waals surface area contributed by atoms with Crippen molar-refractivity contribution in [1.82, 2.24) is 9.88 Å². The predicted molar refractivity (Wildman–Crippen MR) is 72.4 cm³/mol. The van der Waals surface area contributed by atoms with Gasteiger partial charge in [-0.25, -0.2) is 13.1 Å². The highest BCUT2D eigenvalue weighted by Crippen LogP contribution is 2.12. The number of aryl methyl sites for hydroxylation is 1. The van der Waals surface area contributed by atoms with Gasteiger partial charge in [0.25, 0.3) is 0 Å². The maximum absolute atomic E-state index is 11.8. The molecule has 0 spiro atoms. The summed E-state index contributed by atoms with van der Waals surface area (Å²) in [6.45, 7) is 5.35. The van der Waals surface area contributed by atoms with Crippen LogP contribution in [0.1, 0.15) is 31.7 Å². The first kappa shape index (κ1) is 16.6. The average Bonchev–Trinajstić information content (AvgIpc) is 2.68. The molecule has 20 heavy (non-hydrogen) atoms. The second-order valence-electron chi connectivity index (χ2n) is 5.21. The van der Waals surface area contributed by atoms with Crippen molar-refractivity contribution in [1.29, 1.82) is 0 Å². The molecule has 114 valence electrons. The number of rotatable bonds is 8. The quantitative estimate of drug-likeness (QED) is 0.745. The van der Waals surface area contributed by atoms with Gasteiger partial charge in [-0.2, -0.15) is 0 Å². The lowest BCUT2D eigenvalue weighted by Gasteiger charge is -2.15.